The molecule has 0 unspecified atom stereocenters. The fourth-order valence-corrected chi connectivity index (χ4v) is 1.56. The molecule has 0 aliphatic heterocycles. The van der Waals surface area contributed by atoms with Crippen LogP contribution in [-0.4, -0.2) is 19.7 Å². The average Bonchev–Trinajstić information content (AvgIpc) is 2.50. The molecule has 16 heavy (non-hydrogen) atoms. The van der Waals surface area contributed by atoms with E-state index in [0.29, 0.717) is 16.4 Å². The molecule has 2 heterocycles. The minimum absolute atomic E-state index is 0.00694. The second-order valence-corrected chi connectivity index (χ2v) is 3.92. The van der Waals surface area contributed by atoms with Gasteiger partial charge in [0, 0.05) is 0 Å². The molecular weight excluding hydrogens is 254 g/mol. The summed E-state index contributed by atoms with van der Waals surface area (Å²) in [5.41, 5.74) is 1.21. The van der Waals surface area contributed by atoms with Crippen molar-refractivity contribution in [2.45, 2.75) is 13.8 Å². The summed E-state index contributed by atoms with van der Waals surface area (Å²) in [5.74, 6) is -0.612. The lowest BCUT2D eigenvalue weighted by Gasteiger charge is -2.04. The van der Waals surface area contributed by atoms with Crippen molar-refractivity contribution >= 4 is 23.2 Å². The van der Waals surface area contributed by atoms with E-state index >= 15 is 0 Å². The molecule has 2 aromatic rings. The monoisotopic (exact) mass is 260 g/mol. The summed E-state index contributed by atoms with van der Waals surface area (Å²) in [6.45, 7) is 3.45. The summed E-state index contributed by atoms with van der Waals surface area (Å²) in [6, 6.07) is 0. The number of hydrogen-bond donors (Lipinski definition) is 0. The largest absolute Gasteiger partial charge is 0.224 e. The molecule has 0 atom stereocenters. The third-order valence-electron chi connectivity index (χ3n) is 2.10. The van der Waals surface area contributed by atoms with Crippen LogP contribution < -0.4 is 0 Å². The van der Waals surface area contributed by atoms with Gasteiger partial charge in [-0.3, -0.25) is 0 Å². The Hall–Kier alpha value is -1.20. The maximum Gasteiger partial charge on any atom is 0.224 e. The fraction of sp³-hybridized carbons (Fsp3) is 0.222. The highest BCUT2D eigenvalue weighted by Gasteiger charge is 2.15. The van der Waals surface area contributed by atoms with E-state index in [2.05, 4.69) is 15.1 Å². The van der Waals surface area contributed by atoms with Crippen LogP contribution in [0.2, 0.25) is 10.3 Å². The molecule has 7 heteroatoms. The number of aromatic nitrogens is 4. The van der Waals surface area contributed by atoms with Gasteiger partial charge in [-0.2, -0.15) is 10.1 Å². The van der Waals surface area contributed by atoms with Crippen LogP contribution in [0, 0.1) is 19.7 Å². The zero-order chi connectivity index (χ0) is 11.9. The van der Waals surface area contributed by atoms with E-state index in [0.717, 1.165) is 6.20 Å². The first-order valence-corrected chi connectivity index (χ1v) is 5.16. The van der Waals surface area contributed by atoms with Crippen molar-refractivity contribution < 1.29 is 4.39 Å². The van der Waals surface area contributed by atoms with E-state index in [1.807, 2.05) is 0 Å². The molecule has 0 saturated carbocycles. The number of halogens is 3. The Bertz CT molecular complexity index is 553. The third-order valence-corrected chi connectivity index (χ3v) is 2.83. The van der Waals surface area contributed by atoms with Gasteiger partial charge in [0.25, 0.3) is 0 Å². The summed E-state index contributed by atoms with van der Waals surface area (Å²) < 4.78 is 14.8. The van der Waals surface area contributed by atoms with Crippen LogP contribution in [0.15, 0.2) is 6.20 Å². The van der Waals surface area contributed by atoms with Crippen molar-refractivity contribution in [2.75, 3.05) is 0 Å². The molecule has 4 nitrogen and oxygen atoms in total. The molecule has 2 rings (SSSR count). The Kier molecular flexibility index (Phi) is 2.82. The fourth-order valence-electron chi connectivity index (χ4n) is 1.32. The van der Waals surface area contributed by atoms with Crippen LogP contribution in [0.4, 0.5) is 4.39 Å². The highest BCUT2D eigenvalue weighted by Crippen LogP contribution is 2.22. The summed E-state index contributed by atoms with van der Waals surface area (Å²) >= 11 is 11.6. The van der Waals surface area contributed by atoms with Gasteiger partial charge in [-0.15, -0.1) is 0 Å². The summed E-state index contributed by atoms with van der Waals surface area (Å²) in [5, 5.41) is 4.52. The number of nitrogens with zero attached hydrogens (tertiary/aromatic N) is 4. The van der Waals surface area contributed by atoms with Gasteiger partial charge >= 0.3 is 0 Å². The van der Waals surface area contributed by atoms with Crippen LogP contribution in [0.1, 0.15) is 11.4 Å². The minimum atomic E-state index is -0.605. The molecule has 0 amide bonds. The lowest BCUT2D eigenvalue weighted by Crippen LogP contribution is -2.06. The van der Waals surface area contributed by atoms with Crippen molar-refractivity contribution in [1.82, 2.24) is 19.7 Å². The third kappa shape index (κ3) is 1.76. The highest BCUT2D eigenvalue weighted by atomic mass is 35.5. The highest BCUT2D eigenvalue weighted by molar-refractivity contribution is 6.31. The number of hydrogen-bond acceptors (Lipinski definition) is 3. The summed E-state index contributed by atoms with van der Waals surface area (Å²) in [6.07, 6.45) is 0.995. The van der Waals surface area contributed by atoms with Gasteiger partial charge in [-0.25, -0.2) is 14.1 Å². The molecule has 0 radical (unpaired) electrons. The molecule has 0 saturated heterocycles. The number of rotatable bonds is 1. The van der Waals surface area contributed by atoms with Crippen LogP contribution in [0.3, 0.4) is 0 Å². The Labute approximate surface area is 101 Å². The van der Waals surface area contributed by atoms with E-state index in [9.17, 15) is 4.39 Å². The van der Waals surface area contributed by atoms with Gasteiger partial charge in [-0.1, -0.05) is 11.6 Å². The summed E-state index contributed by atoms with van der Waals surface area (Å²) in [7, 11) is 0. The molecule has 0 bridgehead atoms. The van der Waals surface area contributed by atoms with Gasteiger partial charge < -0.3 is 0 Å². The molecule has 84 valence electrons. The predicted molar refractivity (Wildman–Crippen MR) is 58.6 cm³/mol. The van der Waals surface area contributed by atoms with E-state index in [-0.39, 0.29) is 11.1 Å². The Morgan fingerprint density at radius 2 is 2.00 bits per heavy atom. The van der Waals surface area contributed by atoms with E-state index in [1.54, 1.807) is 13.8 Å². The molecule has 0 aromatic carbocycles. The Morgan fingerprint density at radius 3 is 2.56 bits per heavy atom. The van der Waals surface area contributed by atoms with Crippen LogP contribution in [0.5, 0.6) is 0 Å². The lowest BCUT2D eigenvalue weighted by atomic mass is 10.4. The molecule has 2 aromatic heterocycles. The van der Waals surface area contributed by atoms with E-state index < -0.39 is 5.82 Å². The zero-order valence-electron chi connectivity index (χ0n) is 8.50. The van der Waals surface area contributed by atoms with E-state index in [1.165, 1.54) is 4.68 Å². The van der Waals surface area contributed by atoms with Gasteiger partial charge in [0.2, 0.25) is 5.28 Å². The second kappa shape index (κ2) is 3.99. The first-order chi connectivity index (χ1) is 7.50. The smallest absolute Gasteiger partial charge is 0.223 e. The lowest BCUT2D eigenvalue weighted by molar-refractivity contribution is 0.589. The average molecular weight is 261 g/mol. The van der Waals surface area contributed by atoms with Gasteiger partial charge in [0.15, 0.2) is 11.6 Å². The molecular formula is C9H7Cl2FN4. The predicted octanol–water partition coefficient (Wildman–Crippen LogP) is 2.73. The maximum atomic E-state index is 13.5. The topological polar surface area (TPSA) is 43.6 Å². The Balaban J connectivity index is 2.67. The van der Waals surface area contributed by atoms with Crippen LogP contribution >= 0.6 is 23.2 Å². The maximum absolute atomic E-state index is 13.5. The molecule has 0 aliphatic carbocycles. The second-order valence-electron chi connectivity index (χ2n) is 3.21. The standard InChI is InChI=1S/C9H7Cl2FN4/c1-4-7(10)5(2)16(15-4)8-6(12)3-13-9(11)14-8/h3H,1-2H3. The minimum Gasteiger partial charge on any atom is -0.223 e. The molecule has 0 fully saturated rings. The van der Waals surface area contributed by atoms with Gasteiger partial charge in [0.1, 0.15) is 0 Å². The normalized spacial score (nSPS) is 10.8. The molecule has 0 spiro atoms. The van der Waals surface area contributed by atoms with Crippen LogP contribution in [0.25, 0.3) is 5.82 Å². The van der Waals surface area contributed by atoms with E-state index in [4.69, 9.17) is 23.2 Å². The summed E-state index contributed by atoms with van der Waals surface area (Å²) in [4.78, 5) is 7.31. The van der Waals surface area contributed by atoms with Crippen LogP contribution in [-0.2, 0) is 0 Å². The van der Waals surface area contributed by atoms with Gasteiger partial charge in [0.05, 0.1) is 22.6 Å². The van der Waals surface area contributed by atoms with Crippen molar-refractivity contribution in [3.63, 3.8) is 0 Å². The van der Waals surface area contributed by atoms with Crippen molar-refractivity contribution in [3.8, 4) is 5.82 Å². The first-order valence-electron chi connectivity index (χ1n) is 4.41. The molecule has 0 aliphatic rings. The first kappa shape index (κ1) is 11.3. The van der Waals surface area contributed by atoms with Crippen molar-refractivity contribution in [3.05, 3.63) is 33.7 Å². The Morgan fingerprint density at radius 1 is 1.31 bits per heavy atom. The SMILES string of the molecule is Cc1nn(-c2nc(Cl)ncc2F)c(C)c1Cl. The van der Waals surface area contributed by atoms with Crippen molar-refractivity contribution in [1.29, 1.82) is 0 Å². The number of aryl methyl sites for hydroxylation is 1. The zero-order valence-corrected chi connectivity index (χ0v) is 10.0. The quantitative estimate of drug-likeness (QED) is 0.741. The molecule has 0 N–H and O–H groups in total. The van der Waals surface area contributed by atoms with Gasteiger partial charge in [-0.05, 0) is 25.4 Å². The van der Waals surface area contributed by atoms with Crippen molar-refractivity contribution in [2.24, 2.45) is 0 Å².